The van der Waals surface area contributed by atoms with Gasteiger partial charge in [-0.3, -0.25) is 4.79 Å². The summed E-state index contributed by atoms with van der Waals surface area (Å²) in [6.45, 7) is 4.21. The number of nitrogens with one attached hydrogen (secondary N) is 2. The van der Waals surface area contributed by atoms with Gasteiger partial charge in [0.2, 0.25) is 5.91 Å². The zero-order chi connectivity index (χ0) is 12.8. The summed E-state index contributed by atoms with van der Waals surface area (Å²) in [6, 6.07) is 3.12. The third-order valence-corrected chi connectivity index (χ3v) is 2.39. The summed E-state index contributed by atoms with van der Waals surface area (Å²) in [5, 5.41) is 5.71. The standard InChI is InChI=1S/C11H16N4OS/c1-3-13-11(16)7(2)15-10-8(9(12)17)5-4-6-14-10/h4-7H,3H2,1-2H3,(H2,12,17)(H,13,16)(H,14,15). The van der Waals surface area contributed by atoms with Gasteiger partial charge in [-0.2, -0.15) is 0 Å². The predicted molar refractivity (Wildman–Crippen MR) is 71.9 cm³/mol. The number of nitrogens with zero attached hydrogens (tertiary/aromatic N) is 1. The number of likely N-dealkylation sites (N-methyl/N-ethyl adjacent to an activating group) is 1. The Kier molecular flexibility index (Phi) is 4.84. The first-order valence-electron chi connectivity index (χ1n) is 5.35. The highest BCUT2D eigenvalue weighted by molar-refractivity contribution is 7.80. The Morgan fingerprint density at radius 3 is 2.94 bits per heavy atom. The smallest absolute Gasteiger partial charge is 0.242 e. The minimum Gasteiger partial charge on any atom is -0.389 e. The van der Waals surface area contributed by atoms with Crippen LogP contribution in [0.15, 0.2) is 18.3 Å². The molecule has 4 N–H and O–H groups in total. The second-order valence-electron chi connectivity index (χ2n) is 3.52. The van der Waals surface area contributed by atoms with E-state index in [0.717, 1.165) is 0 Å². The number of aromatic nitrogens is 1. The van der Waals surface area contributed by atoms with E-state index in [4.69, 9.17) is 18.0 Å². The fourth-order valence-electron chi connectivity index (χ4n) is 1.32. The van der Waals surface area contributed by atoms with Crippen LogP contribution in [0.5, 0.6) is 0 Å². The predicted octanol–water partition coefficient (Wildman–Crippen LogP) is 0.652. The van der Waals surface area contributed by atoms with Crippen LogP contribution in [0, 0.1) is 0 Å². The van der Waals surface area contributed by atoms with Crippen molar-refractivity contribution in [3.8, 4) is 0 Å². The van der Waals surface area contributed by atoms with Crippen molar-refractivity contribution in [3.05, 3.63) is 23.9 Å². The lowest BCUT2D eigenvalue weighted by atomic mass is 10.2. The van der Waals surface area contributed by atoms with Crippen molar-refractivity contribution in [1.29, 1.82) is 0 Å². The molecule has 5 nitrogen and oxygen atoms in total. The number of pyridine rings is 1. The van der Waals surface area contributed by atoms with Crippen LogP contribution in [-0.4, -0.2) is 28.5 Å². The molecule has 0 radical (unpaired) electrons. The molecule has 1 aromatic rings. The summed E-state index contributed by atoms with van der Waals surface area (Å²) in [4.78, 5) is 15.9. The number of hydrogen-bond acceptors (Lipinski definition) is 4. The van der Waals surface area contributed by atoms with Crippen molar-refractivity contribution < 1.29 is 4.79 Å². The molecule has 17 heavy (non-hydrogen) atoms. The fourth-order valence-corrected chi connectivity index (χ4v) is 1.48. The molecule has 0 aromatic carbocycles. The molecule has 0 aliphatic carbocycles. The molecule has 0 aliphatic heterocycles. The van der Waals surface area contributed by atoms with Gasteiger partial charge in [-0.15, -0.1) is 0 Å². The van der Waals surface area contributed by atoms with Crippen LogP contribution in [0.1, 0.15) is 19.4 Å². The Labute approximate surface area is 106 Å². The third-order valence-electron chi connectivity index (χ3n) is 2.17. The first-order valence-corrected chi connectivity index (χ1v) is 5.76. The first-order chi connectivity index (χ1) is 8.06. The largest absolute Gasteiger partial charge is 0.389 e. The molecule has 0 saturated carbocycles. The summed E-state index contributed by atoms with van der Waals surface area (Å²) in [5.74, 6) is 0.436. The molecular weight excluding hydrogens is 236 g/mol. The second-order valence-corrected chi connectivity index (χ2v) is 3.96. The number of amides is 1. The van der Waals surface area contributed by atoms with Gasteiger partial charge in [0.15, 0.2) is 0 Å². The zero-order valence-electron chi connectivity index (χ0n) is 9.86. The highest BCUT2D eigenvalue weighted by Crippen LogP contribution is 2.12. The van der Waals surface area contributed by atoms with Gasteiger partial charge < -0.3 is 16.4 Å². The van der Waals surface area contributed by atoms with Crippen molar-refractivity contribution in [2.75, 3.05) is 11.9 Å². The van der Waals surface area contributed by atoms with Gasteiger partial charge in [0.05, 0.1) is 5.56 Å². The van der Waals surface area contributed by atoms with Crippen LogP contribution in [0.2, 0.25) is 0 Å². The summed E-state index contributed by atoms with van der Waals surface area (Å²) >= 11 is 4.92. The molecule has 92 valence electrons. The highest BCUT2D eigenvalue weighted by Gasteiger charge is 2.14. The van der Waals surface area contributed by atoms with Crippen molar-refractivity contribution in [3.63, 3.8) is 0 Å². The zero-order valence-corrected chi connectivity index (χ0v) is 10.7. The Morgan fingerprint density at radius 1 is 1.65 bits per heavy atom. The maximum Gasteiger partial charge on any atom is 0.242 e. The van der Waals surface area contributed by atoms with E-state index < -0.39 is 6.04 Å². The Hall–Kier alpha value is -1.69. The summed E-state index contributed by atoms with van der Waals surface area (Å²) in [7, 11) is 0. The number of rotatable bonds is 5. The van der Waals surface area contributed by atoms with Crippen LogP contribution in [-0.2, 0) is 4.79 Å². The molecular formula is C11H16N4OS. The summed E-state index contributed by atoms with van der Waals surface area (Å²) in [6.07, 6.45) is 1.62. The van der Waals surface area contributed by atoms with E-state index in [0.29, 0.717) is 17.9 Å². The molecule has 1 aromatic heterocycles. The van der Waals surface area contributed by atoms with Gasteiger partial charge in [0.25, 0.3) is 0 Å². The van der Waals surface area contributed by atoms with Crippen LogP contribution in [0.3, 0.4) is 0 Å². The van der Waals surface area contributed by atoms with Gasteiger partial charge >= 0.3 is 0 Å². The van der Waals surface area contributed by atoms with Gasteiger partial charge in [-0.05, 0) is 26.0 Å². The van der Waals surface area contributed by atoms with Gasteiger partial charge in [-0.25, -0.2) is 4.98 Å². The highest BCUT2D eigenvalue weighted by atomic mass is 32.1. The van der Waals surface area contributed by atoms with Crippen LogP contribution in [0.4, 0.5) is 5.82 Å². The average Bonchev–Trinajstić information content (AvgIpc) is 2.29. The number of carbonyl (C=O) groups is 1. The normalized spacial score (nSPS) is 11.6. The Morgan fingerprint density at radius 2 is 2.35 bits per heavy atom. The Balaban J connectivity index is 2.81. The summed E-state index contributed by atoms with van der Waals surface area (Å²) < 4.78 is 0. The maximum atomic E-state index is 11.6. The molecule has 1 rings (SSSR count). The second kappa shape index (κ2) is 6.15. The van der Waals surface area contributed by atoms with E-state index in [1.165, 1.54) is 0 Å². The minimum atomic E-state index is -0.391. The number of nitrogens with two attached hydrogens (primary N) is 1. The number of carbonyl (C=O) groups excluding carboxylic acids is 1. The maximum absolute atomic E-state index is 11.6. The van der Waals surface area contributed by atoms with E-state index in [1.54, 1.807) is 25.3 Å². The minimum absolute atomic E-state index is 0.0907. The van der Waals surface area contributed by atoms with E-state index in [2.05, 4.69) is 15.6 Å². The van der Waals surface area contributed by atoms with Crippen LogP contribution >= 0.6 is 12.2 Å². The van der Waals surface area contributed by atoms with Crippen molar-refractivity contribution >= 4 is 28.9 Å². The number of hydrogen-bond donors (Lipinski definition) is 3. The van der Waals surface area contributed by atoms with Crippen molar-refractivity contribution in [2.45, 2.75) is 19.9 Å². The molecule has 1 atom stereocenters. The molecule has 1 amide bonds. The van der Waals surface area contributed by atoms with E-state index in [1.807, 2.05) is 6.92 Å². The van der Waals surface area contributed by atoms with Gasteiger partial charge in [0, 0.05) is 12.7 Å². The molecule has 0 fully saturated rings. The third kappa shape index (κ3) is 3.67. The van der Waals surface area contributed by atoms with Crippen molar-refractivity contribution in [1.82, 2.24) is 10.3 Å². The molecule has 0 saturated heterocycles. The van der Waals surface area contributed by atoms with E-state index in [9.17, 15) is 4.79 Å². The van der Waals surface area contributed by atoms with Crippen molar-refractivity contribution in [2.24, 2.45) is 5.73 Å². The van der Waals surface area contributed by atoms with Gasteiger partial charge in [0.1, 0.15) is 16.8 Å². The van der Waals surface area contributed by atoms with E-state index in [-0.39, 0.29) is 10.9 Å². The molecule has 0 aliphatic rings. The lowest BCUT2D eigenvalue weighted by molar-refractivity contribution is -0.121. The SMILES string of the molecule is CCNC(=O)C(C)Nc1ncccc1C(N)=S. The Bertz CT molecular complexity index is 422. The van der Waals surface area contributed by atoms with E-state index >= 15 is 0 Å². The molecule has 0 bridgehead atoms. The molecule has 6 heteroatoms. The number of thiocarbonyl (C=S) groups is 1. The monoisotopic (exact) mass is 252 g/mol. The average molecular weight is 252 g/mol. The van der Waals surface area contributed by atoms with Crippen LogP contribution in [0.25, 0.3) is 0 Å². The number of anilines is 1. The van der Waals surface area contributed by atoms with Crippen LogP contribution < -0.4 is 16.4 Å². The lowest BCUT2D eigenvalue weighted by Gasteiger charge is -2.15. The fraction of sp³-hybridized carbons (Fsp3) is 0.364. The molecule has 1 heterocycles. The lowest BCUT2D eigenvalue weighted by Crippen LogP contribution is -2.38. The topological polar surface area (TPSA) is 80.0 Å². The molecule has 0 spiro atoms. The first kappa shape index (κ1) is 13.4. The van der Waals surface area contributed by atoms with Gasteiger partial charge in [-0.1, -0.05) is 12.2 Å². The quantitative estimate of drug-likeness (QED) is 0.671. The molecule has 1 unspecified atom stereocenters. The summed E-state index contributed by atoms with van der Waals surface area (Å²) in [5.41, 5.74) is 6.21.